The molecule has 1 heterocycles. The van der Waals surface area contributed by atoms with Crippen molar-refractivity contribution in [3.63, 3.8) is 0 Å². The van der Waals surface area contributed by atoms with Crippen molar-refractivity contribution in [1.82, 2.24) is 0 Å². The van der Waals surface area contributed by atoms with Gasteiger partial charge in [-0.05, 0) is 59.5 Å². The van der Waals surface area contributed by atoms with Crippen molar-refractivity contribution in [3.05, 3.63) is 32.9 Å². The summed E-state index contributed by atoms with van der Waals surface area (Å²) < 4.78 is 12.0. The zero-order valence-corrected chi connectivity index (χ0v) is 12.2. The molecule has 5 heteroatoms. The standard InChI is InChI=1S/C13H16INO3/c14-11-7-9(4-5-10(11)13(15)16)8-18-12-3-1-2-6-17-12/h4-5,7,12H,1-3,6,8H2,(H2,15,16). The molecule has 1 aromatic rings. The highest BCUT2D eigenvalue weighted by Crippen LogP contribution is 2.18. The fourth-order valence-corrected chi connectivity index (χ4v) is 2.73. The molecule has 1 aromatic carbocycles. The Morgan fingerprint density at radius 3 is 2.94 bits per heavy atom. The topological polar surface area (TPSA) is 61.6 Å². The van der Waals surface area contributed by atoms with Gasteiger partial charge >= 0.3 is 0 Å². The summed E-state index contributed by atoms with van der Waals surface area (Å²) in [6, 6.07) is 5.53. The van der Waals surface area contributed by atoms with Gasteiger partial charge in [0.25, 0.3) is 0 Å². The molecular formula is C13H16INO3. The first kappa shape index (κ1) is 13.8. The van der Waals surface area contributed by atoms with Gasteiger partial charge in [-0.1, -0.05) is 6.07 Å². The predicted octanol–water partition coefficient (Wildman–Crippen LogP) is 2.43. The van der Waals surface area contributed by atoms with Gasteiger partial charge in [0.15, 0.2) is 6.29 Å². The third kappa shape index (κ3) is 3.66. The maximum absolute atomic E-state index is 11.1. The molecule has 2 N–H and O–H groups in total. The molecule has 0 aromatic heterocycles. The molecule has 1 atom stereocenters. The van der Waals surface area contributed by atoms with Gasteiger partial charge < -0.3 is 15.2 Å². The lowest BCUT2D eigenvalue weighted by Crippen LogP contribution is -2.22. The van der Waals surface area contributed by atoms with E-state index in [-0.39, 0.29) is 6.29 Å². The molecule has 0 bridgehead atoms. The quantitative estimate of drug-likeness (QED) is 0.838. The zero-order valence-electron chi connectivity index (χ0n) is 10.0. The van der Waals surface area contributed by atoms with Crippen LogP contribution in [0.4, 0.5) is 0 Å². The molecule has 0 aliphatic carbocycles. The van der Waals surface area contributed by atoms with E-state index in [0.29, 0.717) is 12.2 Å². The van der Waals surface area contributed by atoms with Crippen molar-refractivity contribution in [2.75, 3.05) is 6.61 Å². The summed E-state index contributed by atoms with van der Waals surface area (Å²) >= 11 is 2.11. The van der Waals surface area contributed by atoms with Gasteiger partial charge in [-0.3, -0.25) is 4.79 Å². The molecule has 98 valence electrons. The van der Waals surface area contributed by atoms with Crippen molar-refractivity contribution in [2.24, 2.45) is 5.73 Å². The van der Waals surface area contributed by atoms with Crippen LogP contribution in [0, 0.1) is 3.57 Å². The summed E-state index contributed by atoms with van der Waals surface area (Å²) in [5.41, 5.74) is 6.84. The van der Waals surface area contributed by atoms with E-state index in [1.165, 1.54) is 0 Å². The Bertz CT molecular complexity index is 430. The Kier molecular flexibility index (Phi) is 4.96. The summed E-state index contributed by atoms with van der Waals surface area (Å²) in [7, 11) is 0. The molecule has 1 aliphatic rings. The van der Waals surface area contributed by atoms with Crippen LogP contribution in [0.1, 0.15) is 35.2 Å². The van der Waals surface area contributed by atoms with Crippen LogP contribution in [0.3, 0.4) is 0 Å². The maximum Gasteiger partial charge on any atom is 0.249 e. The van der Waals surface area contributed by atoms with E-state index in [1.807, 2.05) is 12.1 Å². The van der Waals surface area contributed by atoms with Gasteiger partial charge in [0.1, 0.15) is 0 Å². The number of carbonyl (C=O) groups is 1. The van der Waals surface area contributed by atoms with Gasteiger partial charge in [0.05, 0.1) is 12.2 Å². The minimum atomic E-state index is -0.400. The van der Waals surface area contributed by atoms with Crippen LogP contribution in [-0.4, -0.2) is 18.8 Å². The van der Waals surface area contributed by atoms with E-state index in [2.05, 4.69) is 22.6 Å². The fraction of sp³-hybridized carbons (Fsp3) is 0.462. The lowest BCUT2D eigenvalue weighted by atomic mass is 10.1. The Balaban J connectivity index is 1.93. The van der Waals surface area contributed by atoms with E-state index < -0.39 is 5.91 Å². The number of rotatable bonds is 4. The molecule has 1 saturated heterocycles. The third-order valence-electron chi connectivity index (χ3n) is 2.87. The highest BCUT2D eigenvalue weighted by Gasteiger charge is 2.14. The minimum absolute atomic E-state index is 0.0905. The molecule has 2 rings (SSSR count). The molecular weight excluding hydrogens is 345 g/mol. The number of benzene rings is 1. The van der Waals surface area contributed by atoms with Crippen LogP contribution in [0.25, 0.3) is 0 Å². The van der Waals surface area contributed by atoms with Gasteiger partial charge in [0.2, 0.25) is 5.91 Å². The first-order chi connectivity index (χ1) is 8.66. The normalized spacial score (nSPS) is 19.7. The molecule has 4 nitrogen and oxygen atoms in total. The number of primary amides is 1. The number of ether oxygens (including phenoxy) is 2. The first-order valence-corrected chi connectivity index (χ1v) is 7.06. The number of nitrogens with two attached hydrogens (primary N) is 1. The maximum atomic E-state index is 11.1. The van der Waals surface area contributed by atoms with Gasteiger partial charge in [0, 0.05) is 10.2 Å². The van der Waals surface area contributed by atoms with E-state index in [1.54, 1.807) is 6.07 Å². The first-order valence-electron chi connectivity index (χ1n) is 5.98. The largest absolute Gasteiger partial charge is 0.366 e. The smallest absolute Gasteiger partial charge is 0.249 e. The second-order valence-corrected chi connectivity index (χ2v) is 5.45. The van der Waals surface area contributed by atoms with Crippen LogP contribution in [0.5, 0.6) is 0 Å². The van der Waals surface area contributed by atoms with E-state index in [9.17, 15) is 4.79 Å². The zero-order chi connectivity index (χ0) is 13.0. The molecule has 1 fully saturated rings. The van der Waals surface area contributed by atoms with Crippen molar-refractivity contribution in [2.45, 2.75) is 32.2 Å². The third-order valence-corrected chi connectivity index (χ3v) is 3.77. The number of carbonyl (C=O) groups excluding carboxylic acids is 1. The van der Waals surface area contributed by atoms with Gasteiger partial charge in [-0.15, -0.1) is 0 Å². The second-order valence-electron chi connectivity index (χ2n) is 4.29. The SMILES string of the molecule is NC(=O)c1ccc(COC2CCCCO2)cc1I. The minimum Gasteiger partial charge on any atom is -0.366 e. The Labute approximate surface area is 120 Å². The van der Waals surface area contributed by atoms with Gasteiger partial charge in [-0.25, -0.2) is 0 Å². The van der Waals surface area contributed by atoms with Crippen molar-refractivity contribution < 1.29 is 14.3 Å². The van der Waals surface area contributed by atoms with E-state index >= 15 is 0 Å². The van der Waals surface area contributed by atoms with E-state index in [4.69, 9.17) is 15.2 Å². The molecule has 1 aliphatic heterocycles. The van der Waals surface area contributed by atoms with Crippen molar-refractivity contribution in [3.8, 4) is 0 Å². The average Bonchev–Trinajstić information content (AvgIpc) is 2.37. The fourth-order valence-electron chi connectivity index (χ4n) is 1.88. The number of hydrogen-bond acceptors (Lipinski definition) is 3. The molecule has 1 unspecified atom stereocenters. The van der Waals surface area contributed by atoms with Gasteiger partial charge in [-0.2, -0.15) is 0 Å². The summed E-state index contributed by atoms with van der Waals surface area (Å²) in [5, 5.41) is 0. The summed E-state index contributed by atoms with van der Waals surface area (Å²) in [5.74, 6) is -0.400. The predicted molar refractivity (Wildman–Crippen MR) is 76.1 cm³/mol. The lowest BCUT2D eigenvalue weighted by molar-refractivity contribution is -0.168. The number of amides is 1. The Morgan fingerprint density at radius 2 is 2.33 bits per heavy atom. The molecule has 18 heavy (non-hydrogen) atoms. The van der Waals surface area contributed by atoms with E-state index in [0.717, 1.165) is 35.0 Å². The van der Waals surface area contributed by atoms with Crippen LogP contribution >= 0.6 is 22.6 Å². The monoisotopic (exact) mass is 361 g/mol. The second kappa shape index (κ2) is 6.49. The Hall–Kier alpha value is -0.660. The number of hydrogen-bond donors (Lipinski definition) is 1. The highest BCUT2D eigenvalue weighted by molar-refractivity contribution is 14.1. The van der Waals surface area contributed by atoms with Crippen LogP contribution in [0.15, 0.2) is 18.2 Å². The number of halogens is 1. The lowest BCUT2D eigenvalue weighted by Gasteiger charge is -2.22. The van der Waals surface area contributed by atoms with Crippen LogP contribution in [0.2, 0.25) is 0 Å². The van der Waals surface area contributed by atoms with Crippen LogP contribution < -0.4 is 5.73 Å². The van der Waals surface area contributed by atoms with Crippen LogP contribution in [-0.2, 0) is 16.1 Å². The van der Waals surface area contributed by atoms with Crippen molar-refractivity contribution in [1.29, 1.82) is 0 Å². The Morgan fingerprint density at radius 1 is 1.50 bits per heavy atom. The molecule has 0 radical (unpaired) electrons. The highest BCUT2D eigenvalue weighted by atomic mass is 127. The summed E-state index contributed by atoms with van der Waals surface area (Å²) in [6.07, 6.45) is 3.14. The molecule has 0 saturated carbocycles. The van der Waals surface area contributed by atoms with Crippen molar-refractivity contribution >= 4 is 28.5 Å². The molecule has 0 spiro atoms. The average molecular weight is 361 g/mol. The molecule has 1 amide bonds. The summed E-state index contributed by atoms with van der Waals surface area (Å²) in [4.78, 5) is 11.1. The summed E-state index contributed by atoms with van der Waals surface area (Å²) in [6.45, 7) is 1.28.